The van der Waals surface area contributed by atoms with Crippen LogP contribution in [0.5, 0.6) is 0 Å². The number of carbonyl (C=O) groups is 2. The number of rotatable bonds is 6. The highest BCUT2D eigenvalue weighted by Gasteiger charge is 2.34. The van der Waals surface area contributed by atoms with E-state index in [2.05, 4.69) is 5.32 Å². The van der Waals surface area contributed by atoms with Crippen LogP contribution in [0.2, 0.25) is 0 Å². The van der Waals surface area contributed by atoms with E-state index in [0.717, 1.165) is 19.3 Å². The number of nitrogens with one attached hydrogen (secondary N) is 1. The number of piperidine rings is 1. The lowest BCUT2D eigenvalue weighted by Gasteiger charge is -2.36. The van der Waals surface area contributed by atoms with E-state index in [9.17, 15) is 14.7 Å². The number of hydrogen-bond donors (Lipinski definition) is 2. The van der Waals surface area contributed by atoms with Gasteiger partial charge in [0.15, 0.2) is 0 Å². The first-order valence-corrected chi connectivity index (χ1v) is 9.23. The van der Waals surface area contributed by atoms with E-state index in [1.807, 2.05) is 32.0 Å². The Kier molecular flexibility index (Phi) is 6.59. The molecule has 1 aromatic carbocycles. The Balaban J connectivity index is 2.04. The molecule has 1 fully saturated rings. The third kappa shape index (κ3) is 4.82. The van der Waals surface area contributed by atoms with Gasteiger partial charge in [0.25, 0.3) is 5.91 Å². The van der Waals surface area contributed by atoms with E-state index in [-0.39, 0.29) is 24.3 Å². The predicted molar refractivity (Wildman–Crippen MR) is 98.2 cm³/mol. The van der Waals surface area contributed by atoms with Gasteiger partial charge >= 0.3 is 0 Å². The fraction of sp³-hybridized carbons (Fsp3) is 0.600. The van der Waals surface area contributed by atoms with Gasteiger partial charge in [-0.15, -0.1) is 0 Å². The maximum absolute atomic E-state index is 12.8. The highest BCUT2D eigenvalue weighted by Crippen LogP contribution is 2.22. The van der Waals surface area contributed by atoms with Crippen molar-refractivity contribution in [3.05, 3.63) is 35.9 Å². The van der Waals surface area contributed by atoms with Crippen molar-refractivity contribution in [2.45, 2.75) is 58.1 Å². The van der Waals surface area contributed by atoms with Crippen molar-refractivity contribution in [1.29, 1.82) is 0 Å². The zero-order valence-corrected chi connectivity index (χ0v) is 15.5. The molecule has 3 atom stereocenters. The first-order chi connectivity index (χ1) is 11.9. The molecule has 1 aliphatic rings. The van der Waals surface area contributed by atoms with Crippen LogP contribution in [0.3, 0.4) is 0 Å². The summed E-state index contributed by atoms with van der Waals surface area (Å²) in [6.07, 6.45) is 3.34. The average Bonchev–Trinajstić information content (AvgIpc) is 2.65. The number of nitrogens with zero attached hydrogens (tertiary/aromatic N) is 1. The molecule has 1 saturated heterocycles. The monoisotopic (exact) mass is 346 g/mol. The van der Waals surface area contributed by atoms with Gasteiger partial charge in [0.1, 0.15) is 6.04 Å². The molecule has 0 aromatic heterocycles. The fourth-order valence-corrected chi connectivity index (χ4v) is 3.19. The van der Waals surface area contributed by atoms with E-state index < -0.39 is 11.6 Å². The Labute approximate surface area is 150 Å². The summed E-state index contributed by atoms with van der Waals surface area (Å²) in [5.41, 5.74) is -0.346. The number of likely N-dealkylation sites (tertiary alicyclic amines) is 1. The molecule has 0 spiro atoms. The molecule has 2 N–H and O–H groups in total. The van der Waals surface area contributed by atoms with Crippen molar-refractivity contribution in [1.82, 2.24) is 10.2 Å². The van der Waals surface area contributed by atoms with E-state index in [4.69, 9.17) is 0 Å². The molecule has 1 aromatic rings. The second-order valence-electron chi connectivity index (χ2n) is 7.26. The summed E-state index contributed by atoms with van der Waals surface area (Å²) in [5, 5.41) is 13.3. The number of aliphatic hydroxyl groups is 1. The van der Waals surface area contributed by atoms with Crippen molar-refractivity contribution in [2.75, 3.05) is 13.1 Å². The normalized spacial score (nSPS) is 21.3. The Hall–Kier alpha value is -1.88. The molecule has 0 radical (unpaired) electrons. The van der Waals surface area contributed by atoms with Gasteiger partial charge in [-0.25, -0.2) is 0 Å². The summed E-state index contributed by atoms with van der Waals surface area (Å²) < 4.78 is 0. The van der Waals surface area contributed by atoms with Gasteiger partial charge in [0.05, 0.1) is 5.60 Å². The standard InChI is InChI=1S/C20H30N2O3/c1-4-15(2)20(3,25)14-21-18(23)17-12-8-9-13-22(17)19(24)16-10-6-5-7-11-16/h5-7,10-11,15,17,25H,4,8-9,12-14H2,1-3H3,(H,21,23). The first kappa shape index (κ1) is 19.4. The van der Waals surface area contributed by atoms with Crippen LogP contribution in [0.25, 0.3) is 0 Å². The smallest absolute Gasteiger partial charge is 0.254 e. The zero-order valence-electron chi connectivity index (χ0n) is 15.5. The van der Waals surface area contributed by atoms with Crippen molar-refractivity contribution in [3.8, 4) is 0 Å². The van der Waals surface area contributed by atoms with Gasteiger partial charge in [-0.3, -0.25) is 9.59 Å². The highest BCUT2D eigenvalue weighted by atomic mass is 16.3. The number of hydrogen-bond acceptors (Lipinski definition) is 3. The number of benzene rings is 1. The Morgan fingerprint density at radius 1 is 1.32 bits per heavy atom. The van der Waals surface area contributed by atoms with Crippen LogP contribution in [0.4, 0.5) is 0 Å². The summed E-state index contributed by atoms with van der Waals surface area (Å²) in [6.45, 7) is 6.52. The van der Waals surface area contributed by atoms with Crippen LogP contribution >= 0.6 is 0 Å². The second kappa shape index (κ2) is 8.48. The second-order valence-corrected chi connectivity index (χ2v) is 7.26. The van der Waals surface area contributed by atoms with E-state index in [1.54, 1.807) is 24.0 Å². The number of carbonyl (C=O) groups excluding carboxylic acids is 2. The molecule has 2 rings (SSSR count). The highest BCUT2D eigenvalue weighted by molar-refractivity contribution is 5.97. The molecule has 5 nitrogen and oxygen atoms in total. The van der Waals surface area contributed by atoms with Gasteiger partial charge in [-0.2, -0.15) is 0 Å². The topological polar surface area (TPSA) is 69.6 Å². The quantitative estimate of drug-likeness (QED) is 0.832. The molecule has 3 unspecified atom stereocenters. The summed E-state index contributed by atoms with van der Waals surface area (Å²) in [4.78, 5) is 27.1. The van der Waals surface area contributed by atoms with Gasteiger partial charge < -0.3 is 15.3 Å². The molecule has 5 heteroatoms. The molecule has 0 aliphatic carbocycles. The zero-order chi connectivity index (χ0) is 18.4. The average molecular weight is 346 g/mol. The fourth-order valence-electron chi connectivity index (χ4n) is 3.19. The molecule has 0 bridgehead atoms. The van der Waals surface area contributed by atoms with Crippen molar-refractivity contribution >= 4 is 11.8 Å². The largest absolute Gasteiger partial charge is 0.388 e. The minimum atomic E-state index is -0.951. The Morgan fingerprint density at radius 2 is 2.00 bits per heavy atom. The van der Waals surface area contributed by atoms with E-state index >= 15 is 0 Å². The molecular formula is C20H30N2O3. The van der Waals surface area contributed by atoms with Crippen LogP contribution in [0, 0.1) is 5.92 Å². The third-order valence-corrected chi connectivity index (χ3v) is 5.38. The summed E-state index contributed by atoms with van der Waals surface area (Å²) in [5.74, 6) is -0.192. The van der Waals surface area contributed by atoms with Gasteiger partial charge in [0, 0.05) is 18.7 Å². The number of amides is 2. The van der Waals surface area contributed by atoms with Gasteiger partial charge in [0.2, 0.25) is 5.91 Å². The lowest BCUT2D eigenvalue weighted by atomic mass is 9.88. The third-order valence-electron chi connectivity index (χ3n) is 5.38. The molecular weight excluding hydrogens is 316 g/mol. The lowest BCUT2D eigenvalue weighted by Crippen LogP contribution is -2.54. The van der Waals surface area contributed by atoms with Gasteiger partial charge in [-0.05, 0) is 44.2 Å². The molecule has 1 aliphatic heterocycles. The van der Waals surface area contributed by atoms with Crippen LogP contribution in [0.15, 0.2) is 30.3 Å². The maximum Gasteiger partial charge on any atom is 0.254 e. The molecule has 1 heterocycles. The van der Waals surface area contributed by atoms with Crippen LogP contribution in [0.1, 0.15) is 56.8 Å². The minimum absolute atomic E-state index is 0.0845. The van der Waals surface area contributed by atoms with Crippen LogP contribution < -0.4 is 5.32 Å². The van der Waals surface area contributed by atoms with E-state index in [1.165, 1.54) is 0 Å². The lowest BCUT2D eigenvalue weighted by molar-refractivity contribution is -0.128. The first-order valence-electron chi connectivity index (χ1n) is 9.23. The van der Waals surface area contributed by atoms with Crippen molar-refractivity contribution < 1.29 is 14.7 Å². The summed E-state index contributed by atoms with van der Waals surface area (Å²) in [6, 6.07) is 8.62. The molecule has 25 heavy (non-hydrogen) atoms. The van der Waals surface area contributed by atoms with E-state index in [0.29, 0.717) is 18.5 Å². The summed E-state index contributed by atoms with van der Waals surface area (Å²) >= 11 is 0. The summed E-state index contributed by atoms with van der Waals surface area (Å²) in [7, 11) is 0. The SMILES string of the molecule is CCC(C)C(C)(O)CNC(=O)C1CCCCN1C(=O)c1ccccc1. The predicted octanol–water partition coefficient (Wildman–Crippen LogP) is 2.59. The van der Waals surface area contributed by atoms with Gasteiger partial charge in [-0.1, -0.05) is 38.5 Å². The van der Waals surface area contributed by atoms with Crippen LogP contribution in [-0.2, 0) is 4.79 Å². The minimum Gasteiger partial charge on any atom is -0.388 e. The molecule has 138 valence electrons. The van der Waals surface area contributed by atoms with Crippen molar-refractivity contribution in [2.24, 2.45) is 5.92 Å². The van der Waals surface area contributed by atoms with Crippen LogP contribution in [-0.4, -0.2) is 46.6 Å². The molecule has 0 saturated carbocycles. The Morgan fingerprint density at radius 3 is 2.64 bits per heavy atom. The van der Waals surface area contributed by atoms with Crippen molar-refractivity contribution in [3.63, 3.8) is 0 Å². The molecule has 2 amide bonds. The Bertz CT molecular complexity index is 586. The maximum atomic E-state index is 12.8.